The zero-order chi connectivity index (χ0) is 22.3. The molecule has 1 amide bonds. The summed E-state index contributed by atoms with van der Waals surface area (Å²) in [6, 6.07) is 4.60. The van der Waals surface area contributed by atoms with Crippen molar-refractivity contribution >= 4 is 44.8 Å². The van der Waals surface area contributed by atoms with Crippen molar-refractivity contribution in [2.24, 2.45) is 11.8 Å². The second-order valence-electron chi connectivity index (χ2n) is 8.77. The fourth-order valence-corrected chi connectivity index (χ4v) is 7.41. The van der Waals surface area contributed by atoms with Gasteiger partial charge >= 0.3 is 0 Å². The van der Waals surface area contributed by atoms with Crippen LogP contribution in [0.1, 0.15) is 32.3 Å². The van der Waals surface area contributed by atoms with Crippen LogP contribution >= 0.6 is 23.2 Å². The molecule has 2 bridgehead atoms. The minimum Gasteiger partial charge on any atom is -0.366 e. The minimum absolute atomic E-state index is 0.0301. The first-order valence-electron chi connectivity index (χ1n) is 10.1. The molecule has 31 heavy (non-hydrogen) atoms. The Hall–Kier alpha value is -1.41. The van der Waals surface area contributed by atoms with Crippen LogP contribution in [0.25, 0.3) is 0 Å². The summed E-state index contributed by atoms with van der Waals surface area (Å²) in [5.74, 6) is -1.02. The molecule has 4 fully saturated rings. The van der Waals surface area contributed by atoms with E-state index in [4.69, 9.17) is 32.7 Å². The van der Waals surface area contributed by atoms with Crippen LogP contribution in [-0.4, -0.2) is 50.2 Å². The number of fused-ring (bicyclic) bond motifs is 2. The molecule has 4 heterocycles. The Morgan fingerprint density at radius 2 is 2.03 bits per heavy atom. The molecule has 1 spiro atoms. The number of nitrogens with zero attached hydrogens (tertiary/aromatic N) is 2. The molecule has 6 atom stereocenters. The number of amides is 1. The Kier molecular flexibility index (Phi) is 4.70. The second-order valence-corrected chi connectivity index (χ2v) is 11.6. The quantitative estimate of drug-likeness (QED) is 0.701. The van der Waals surface area contributed by atoms with Gasteiger partial charge in [0.15, 0.2) is 0 Å². The van der Waals surface area contributed by atoms with Crippen LogP contribution < -0.4 is 9.62 Å². The van der Waals surface area contributed by atoms with Crippen molar-refractivity contribution in [3.8, 4) is 6.07 Å². The van der Waals surface area contributed by atoms with Gasteiger partial charge < -0.3 is 9.47 Å². The summed E-state index contributed by atoms with van der Waals surface area (Å²) in [6.45, 7) is 3.77. The number of sulfonamides is 1. The first-order valence-corrected chi connectivity index (χ1v) is 12.5. The van der Waals surface area contributed by atoms with E-state index in [1.807, 2.05) is 13.0 Å². The number of carbonyl (C=O) groups excluding carboxylic acids is 1. The number of halogens is 2. The summed E-state index contributed by atoms with van der Waals surface area (Å²) >= 11 is 12.5. The van der Waals surface area contributed by atoms with Crippen molar-refractivity contribution in [2.45, 2.75) is 50.2 Å². The second kappa shape index (κ2) is 6.80. The van der Waals surface area contributed by atoms with E-state index in [9.17, 15) is 18.5 Å². The van der Waals surface area contributed by atoms with E-state index in [0.717, 1.165) is 0 Å². The topological polar surface area (TPSA) is 109 Å². The van der Waals surface area contributed by atoms with Crippen molar-refractivity contribution in [1.82, 2.24) is 4.72 Å². The van der Waals surface area contributed by atoms with Crippen LogP contribution in [0.4, 0.5) is 5.69 Å². The number of carbonyl (C=O) groups is 1. The maximum atomic E-state index is 13.6. The van der Waals surface area contributed by atoms with Gasteiger partial charge in [0.25, 0.3) is 0 Å². The third kappa shape index (κ3) is 2.82. The van der Waals surface area contributed by atoms with Crippen LogP contribution in [0.5, 0.6) is 0 Å². The van der Waals surface area contributed by atoms with Crippen LogP contribution in [0.2, 0.25) is 10.0 Å². The first-order chi connectivity index (χ1) is 14.6. The standard InChI is InChI=1S/C20H21Cl2N3O5S/c1-3-31(27,28)24-14-8-19(2)15-16-18(29-5-4-20(14,16)30-19)25(17(15)26)10-6-12(21)11(9-23)13(22)7-10/h6-7,14-16,18,24H,3-5,8H2,1-2H3/t14-,15-,16+,18+,19-,20+/m1/s1. The Labute approximate surface area is 190 Å². The van der Waals surface area contributed by atoms with Gasteiger partial charge in [0.2, 0.25) is 15.9 Å². The van der Waals surface area contributed by atoms with Gasteiger partial charge in [-0.05, 0) is 32.4 Å². The highest BCUT2D eigenvalue weighted by atomic mass is 35.5. The molecule has 1 aromatic carbocycles. The molecule has 4 aliphatic rings. The molecule has 11 heteroatoms. The summed E-state index contributed by atoms with van der Waals surface area (Å²) < 4.78 is 40.0. The predicted molar refractivity (Wildman–Crippen MR) is 113 cm³/mol. The molecule has 4 aliphatic heterocycles. The summed E-state index contributed by atoms with van der Waals surface area (Å²) in [6.07, 6.45) is 0.268. The van der Waals surface area contributed by atoms with E-state index in [0.29, 0.717) is 25.1 Å². The number of hydrogen-bond acceptors (Lipinski definition) is 6. The van der Waals surface area contributed by atoms with Crippen LogP contribution in [0, 0.1) is 23.2 Å². The lowest BCUT2D eigenvalue weighted by atomic mass is 9.64. The van der Waals surface area contributed by atoms with Gasteiger partial charge in [-0.3, -0.25) is 9.69 Å². The Morgan fingerprint density at radius 3 is 2.65 bits per heavy atom. The smallest absolute Gasteiger partial charge is 0.235 e. The third-order valence-corrected chi connectivity index (χ3v) is 9.17. The van der Waals surface area contributed by atoms with E-state index >= 15 is 0 Å². The maximum Gasteiger partial charge on any atom is 0.235 e. The molecule has 1 N–H and O–H groups in total. The van der Waals surface area contributed by atoms with E-state index in [-0.39, 0.29) is 33.2 Å². The molecule has 4 saturated heterocycles. The number of hydrogen-bond donors (Lipinski definition) is 1. The van der Waals surface area contributed by atoms with Gasteiger partial charge in [-0.15, -0.1) is 0 Å². The van der Waals surface area contributed by atoms with Gasteiger partial charge in [0.05, 0.1) is 51.1 Å². The highest BCUT2D eigenvalue weighted by molar-refractivity contribution is 7.89. The van der Waals surface area contributed by atoms with Gasteiger partial charge in [0.1, 0.15) is 12.3 Å². The molecule has 0 saturated carbocycles. The van der Waals surface area contributed by atoms with E-state index in [1.54, 1.807) is 11.8 Å². The molecule has 0 aromatic heterocycles. The van der Waals surface area contributed by atoms with E-state index in [1.165, 1.54) is 12.1 Å². The fourth-order valence-electron chi connectivity index (χ4n) is 5.96. The summed E-state index contributed by atoms with van der Waals surface area (Å²) in [7, 11) is -3.46. The van der Waals surface area contributed by atoms with E-state index < -0.39 is 39.4 Å². The highest BCUT2D eigenvalue weighted by Crippen LogP contribution is 2.65. The Bertz CT molecular complexity index is 1120. The summed E-state index contributed by atoms with van der Waals surface area (Å²) in [4.78, 5) is 15.2. The largest absolute Gasteiger partial charge is 0.366 e. The summed E-state index contributed by atoms with van der Waals surface area (Å²) in [5, 5.41) is 9.54. The molecular weight excluding hydrogens is 465 g/mol. The molecular formula is C20H21Cl2N3O5S. The molecule has 166 valence electrons. The molecule has 0 unspecified atom stereocenters. The van der Waals surface area contributed by atoms with Crippen molar-refractivity contribution in [2.75, 3.05) is 17.3 Å². The lowest BCUT2D eigenvalue weighted by Crippen LogP contribution is -2.61. The van der Waals surface area contributed by atoms with Gasteiger partial charge in [0, 0.05) is 18.0 Å². The minimum atomic E-state index is -3.46. The average Bonchev–Trinajstić information content (AvgIpc) is 3.25. The molecule has 0 aliphatic carbocycles. The van der Waals surface area contributed by atoms with E-state index in [2.05, 4.69) is 4.72 Å². The number of anilines is 1. The average molecular weight is 486 g/mol. The lowest BCUT2D eigenvalue weighted by Gasteiger charge is -2.45. The van der Waals surface area contributed by atoms with Crippen LogP contribution in [0.15, 0.2) is 12.1 Å². The van der Waals surface area contributed by atoms with Crippen LogP contribution in [-0.2, 0) is 24.3 Å². The third-order valence-electron chi connectivity index (χ3n) is 7.17. The number of nitriles is 1. The van der Waals surface area contributed by atoms with Crippen molar-refractivity contribution in [3.05, 3.63) is 27.7 Å². The summed E-state index contributed by atoms with van der Waals surface area (Å²) in [5.41, 5.74) is -1.05. The van der Waals surface area contributed by atoms with Crippen molar-refractivity contribution in [3.63, 3.8) is 0 Å². The molecule has 0 radical (unpaired) electrons. The Morgan fingerprint density at radius 1 is 1.35 bits per heavy atom. The number of benzene rings is 1. The van der Waals surface area contributed by atoms with Gasteiger partial charge in [-0.2, -0.15) is 5.26 Å². The molecule has 8 nitrogen and oxygen atoms in total. The first kappa shape index (κ1) is 21.4. The number of ether oxygens (including phenoxy) is 2. The molecule has 5 rings (SSSR count). The zero-order valence-electron chi connectivity index (χ0n) is 16.9. The van der Waals surface area contributed by atoms with Gasteiger partial charge in [-0.1, -0.05) is 23.2 Å². The van der Waals surface area contributed by atoms with Gasteiger partial charge in [-0.25, -0.2) is 13.1 Å². The number of rotatable bonds is 4. The predicted octanol–water partition coefficient (Wildman–Crippen LogP) is 2.43. The zero-order valence-corrected chi connectivity index (χ0v) is 19.2. The fraction of sp³-hybridized carbons (Fsp3) is 0.600. The normalized spacial score (nSPS) is 38.4. The monoisotopic (exact) mass is 485 g/mol. The highest BCUT2D eigenvalue weighted by Gasteiger charge is 2.78. The lowest BCUT2D eigenvalue weighted by molar-refractivity contribution is -0.143. The SMILES string of the molecule is CCS(=O)(=O)N[C@@H]1C[C@@]2(C)O[C@@]13CCO[C@H]1[C@@H]3[C@@H]2C(=O)N1c1cc(Cl)c(C#N)c(Cl)c1. The van der Waals surface area contributed by atoms with Crippen LogP contribution in [0.3, 0.4) is 0 Å². The number of nitrogens with one attached hydrogen (secondary N) is 1. The van der Waals surface area contributed by atoms with Crippen molar-refractivity contribution < 1.29 is 22.7 Å². The molecule has 1 aromatic rings. The van der Waals surface area contributed by atoms with Crippen molar-refractivity contribution in [1.29, 1.82) is 5.26 Å². The maximum absolute atomic E-state index is 13.6. The Balaban J connectivity index is 1.58.